The molecule has 0 unspecified atom stereocenters. The molecule has 1 heterocycles. The quantitative estimate of drug-likeness (QED) is 0.360. The maximum absolute atomic E-state index is 12.6. The lowest BCUT2D eigenvalue weighted by Gasteiger charge is -2.11. The average molecular weight is 472 g/mol. The van der Waals surface area contributed by atoms with Crippen molar-refractivity contribution in [3.63, 3.8) is 0 Å². The monoisotopic (exact) mass is 471 g/mol. The first-order chi connectivity index (χ1) is 16.4. The van der Waals surface area contributed by atoms with Crippen LogP contribution in [0.15, 0.2) is 78.0 Å². The van der Waals surface area contributed by atoms with Crippen LogP contribution in [0.3, 0.4) is 0 Å². The average Bonchev–Trinajstić information content (AvgIpc) is 3.23. The first kappa shape index (κ1) is 23.3. The maximum Gasteiger partial charge on any atom is 0.234 e. The molecule has 2 N–H and O–H groups in total. The molecule has 0 atom stereocenters. The third-order valence-electron chi connectivity index (χ3n) is 5.02. The molecule has 172 valence electrons. The molecule has 0 bridgehead atoms. The molecule has 4 rings (SSSR count). The van der Waals surface area contributed by atoms with Crippen molar-refractivity contribution in [3.8, 4) is 17.1 Å². The van der Waals surface area contributed by atoms with Crippen molar-refractivity contribution in [2.45, 2.75) is 25.9 Å². The molecule has 0 spiro atoms. The Morgan fingerprint density at radius 2 is 1.53 bits per heavy atom. The summed E-state index contributed by atoms with van der Waals surface area (Å²) in [6.45, 7) is 5.53. The highest BCUT2D eigenvalue weighted by Crippen LogP contribution is 2.28. The molecule has 0 aliphatic heterocycles. The highest BCUT2D eigenvalue weighted by molar-refractivity contribution is 7.99. The van der Waals surface area contributed by atoms with Gasteiger partial charge in [0.25, 0.3) is 0 Å². The second-order valence-electron chi connectivity index (χ2n) is 7.94. The molecular formula is C26H25N5O2S. The smallest absolute Gasteiger partial charge is 0.234 e. The van der Waals surface area contributed by atoms with E-state index in [1.54, 1.807) is 24.3 Å². The third kappa shape index (κ3) is 5.71. The zero-order chi connectivity index (χ0) is 24.1. The van der Waals surface area contributed by atoms with Crippen LogP contribution in [0, 0.1) is 13.8 Å². The summed E-state index contributed by atoms with van der Waals surface area (Å²) in [5.74, 6) is 0.594. The summed E-state index contributed by atoms with van der Waals surface area (Å²) in [6.07, 6.45) is 0. The Labute approximate surface area is 202 Å². The number of aryl methyl sites for hydroxylation is 2. The van der Waals surface area contributed by atoms with E-state index in [2.05, 4.69) is 26.9 Å². The fraction of sp³-hybridized carbons (Fsp3) is 0.154. The molecule has 0 radical (unpaired) electrons. The minimum absolute atomic E-state index is 0.143. The van der Waals surface area contributed by atoms with E-state index in [-0.39, 0.29) is 17.6 Å². The zero-order valence-corrected chi connectivity index (χ0v) is 20.0. The van der Waals surface area contributed by atoms with Gasteiger partial charge in [0.2, 0.25) is 11.8 Å². The molecule has 0 saturated carbocycles. The number of carbonyl (C=O) groups excluding carboxylic acids is 2. The Balaban J connectivity index is 1.53. The van der Waals surface area contributed by atoms with Crippen molar-refractivity contribution in [2.24, 2.45) is 0 Å². The molecule has 0 aliphatic carbocycles. The Kier molecular flexibility index (Phi) is 7.08. The van der Waals surface area contributed by atoms with Crippen LogP contribution in [-0.4, -0.2) is 32.3 Å². The van der Waals surface area contributed by atoms with E-state index in [4.69, 9.17) is 0 Å². The van der Waals surface area contributed by atoms with E-state index in [9.17, 15) is 9.59 Å². The van der Waals surface area contributed by atoms with E-state index < -0.39 is 0 Å². The summed E-state index contributed by atoms with van der Waals surface area (Å²) >= 11 is 1.33. The lowest BCUT2D eigenvalue weighted by molar-refractivity contribution is -0.114. The van der Waals surface area contributed by atoms with Gasteiger partial charge in [-0.2, -0.15) is 0 Å². The van der Waals surface area contributed by atoms with Gasteiger partial charge in [0, 0.05) is 29.5 Å². The summed E-state index contributed by atoms with van der Waals surface area (Å²) in [7, 11) is 0. The Bertz CT molecular complexity index is 1310. The Morgan fingerprint density at radius 3 is 2.18 bits per heavy atom. The van der Waals surface area contributed by atoms with Crippen molar-refractivity contribution in [2.75, 3.05) is 16.4 Å². The van der Waals surface area contributed by atoms with Gasteiger partial charge < -0.3 is 10.6 Å². The van der Waals surface area contributed by atoms with Crippen molar-refractivity contribution < 1.29 is 9.59 Å². The normalized spacial score (nSPS) is 10.7. The standard InChI is InChI=1S/C26H25N5O2S/c1-17-7-9-20(10-8-17)25-29-30-26(31(25)23-6-4-5-18(2)15-23)34-16-24(33)28-22-13-11-21(12-14-22)27-19(3)32/h4-15H,16H2,1-3H3,(H,27,32)(H,28,33). The second-order valence-corrected chi connectivity index (χ2v) is 8.88. The van der Waals surface area contributed by atoms with Gasteiger partial charge in [0.1, 0.15) is 0 Å². The SMILES string of the molecule is CC(=O)Nc1ccc(NC(=O)CSc2nnc(-c3ccc(C)cc3)n2-c2cccc(C)c2)cc1. The topological polar surface area (TPSA) is 88.9 Å². The van der Waals surface area contributed by atoms with Crippen molar-refractivity contribution in [1.82, 2.24) is 14.8 Å². The number of nitrogens with one attached hydrogen (secondary N) is 2. The molecule has 0 saturated heterocycles. The Morgan fingerprint density at radius 1 is 0.853 bits per heavy atom. The summed E-state index contributed by atoms with van der Waals surface area (Å²) in [5, 5.41) is 15.1. The summed E-state index contributed by atoms with van der Waals surface area (Å²) in [4.78, 5) is 23.8. The number of rotatable bonds is 7. The number of thioether (sulfide) groups is 1. The lowest BCUT2D eigenvalue weighted by Crippen LogP contribution is -2.14. The van der Waals surface area contributed by atoms with Gasteiger partial charge in [0.05, 0.1) is 5.75 Å². The number of amides is 2. The largest absolute Gasteiger partial charge is 0.326 e. The summed E-state index contributed by atoms with van der Waals surface area (Å²) < 4.78 is 1.98. The molecule has 7 nitrogen and oxygen atoms in total. The number of hydrogen-bond donors (Lipinski definition) is 2. The van der Waals surface area contributed by atoms with E-state index >= 15 is 0 Å². The zero-order valence-electron chi connectivity index (χ0n) is 19.2. The van der Waals surface area contributed by atoms with Gasteiger partial charge >= 0.3 is 0 Å². The molecule has 4 aromatic rings. The number of nitrogens with zero attached hydrogens (tertiary/aromatic N) is 3. The number of hydrogen-bond acceptors (Lipinski definition) is 5. The second kappa shape index (κ2) is 10.4. The van der Waals surface area contributed by atoms with Crippen molar-refractivity contribution in [3.05, 3.63) is 83.9 Å². The van der Waals surface area contributed by atoms with Gasteiger partial charge in [-0.15, -0.1) is 10.2 Å². The first-order valence-electron chi connectivity index (χ1n) is 10.8. The van der Waals surface area contributed by atoms with Gasteiger partial charge in [-0.05, 0) is 55.8 Å². The minimum atomic E-state index is -0.159. The molecular weight excluding hydrogens is 446 g/mol. The van der Waals surface area contributed by atoms with Crippen LogP contribution >= 0.6 is 11.8 Å². The van der Waals surface area contributed by atoms with Crippen LogP contribution in [0.25, 0.3) is 17.1 Å². The van der Waals surface area contributed by atoms with Crippen molar-refractivity contribution in [1.29, 1.82) is 0 Å². The van der Waals surface area contributed by atoms with Crippen LogP contribution in [0.2, 0.25) is 0 Å². The molecule has 0 fully saturated rings. The van der Waals surface area contributed by atoms with Crippen LogP contribution in [0.1, 0.15) is 18.1 Å². The number of anilines is 2. The summed E-state index contributed by atoms with van der Waals surface area (Å²) in [5.41, 5.74) is 5.52. The predicted octanol–water partition coefficient (Wildman–Crippen LogP) is 5.24. The van der Waals surface area contributed by atoms with Crippen LogP contribution < -0.4 is 10.6 Å². The molecule has 2 amide bonds. The molecule has 8 heteroatoms. The maximum atomic E-state index is 12.6. The first-order valence-corrected chi connectivity index (χ1v) is 11.8. The number of carbonyl (C=O) groups is 2. The van der Waals surface area contributed by atoms with Gasteiger partial charge in [-0.25, -0.2) is 0 Å². The highest BCUT2D eigenvalue weighted by atomic mass is 32.2. The predicted molar refractivity (Wildman–Crippen MR) is 136 cm³/mol. The van der Waals surface area contributed by atoms with E-state index in [1.165, 1.54) is 24.2 Å². The number of aromatic nitrogens is 3. The van der Waals surface area contributed by atoms with E-state index in [0.29, 0.717) is 16.5 Å². The van der Waals surface area contributed by atoms with Crippen LogP contribution in [0.4, 0.5) is 11.4 Å². The lowest BCUT2D eigenvalue weighted by atomic mass is 10.1. The minimum Gasteiger partial charge on any atom is -0.326 e. The van der Waals surface area contributed by atoms with Gasteiger partial charge in [0.15, 0.2) is 11.0 Å². The molecule has 0 aliphatic rings. The Hall–Kier alpha value is -3.91. The van der Waals surface area contributed by atoms with E-state index in [1.807, 2.05) is 60.9 Å². The van der Waals surface area contributed by atoms with Crippen LogP contribution in [0.5, 0.6) is 0 Å². The molecule has 1 aromatic heterocycles. The molecule has 34 heavy (non-hydrogen) atoms. The van der Waals surface area contributed by atoms with E-state index in [0.717, 1.165) is 22.6 Å². The van der Waals surface area contributed by atoms with Gasteiger partial charge in [-0.3, -0.25) is 14.2 Å². The number of benzene rings is 3. The molecule has 3 aromatic carbocycles. The summed E-state index contributed by atoms with van der Waals surface area (Å²) in [6, 6.07) is 23.2. The third-order valence-corrected chi connectivity index (χ3v) is 5.95. The van der Waals surface area contributed by atoms with Crippen LogP contribution in [-0.2, 0) is 9.59 Å². The fourth-order valence-corrected chi connectivity index (χ4v) is 4.17. The highest BCUT2D eigenvalue weighted by Gasteiger charge is 2.17. The van der Waals surface area contributed by atoms with Crippen molar-refractivity contribution >= 4 is 35.0 Å². The van der Waals surface area contributed by atoms with Gasteiger partial charge in [-0.1, -0.05) is 53.7 Å². The fourth-order valence-electron chi connectivity index (χ4n) is 3.42.